The number of aliphatic hydroxyl groups excluding tert-OH is 2. The lowest BCUT2D eigenvalue weighted by Gasteiger charge is -2.07. The maximum Gasteiger partial charge on any atom is 0.123 e. The third-order valence-corrected chi connectivity index (χ3v) is 1.24. The highest BCUT2D eigenvalue weighted by molar-refractivity contribution is 5.30. The van der Waals surface area contributed by atoms with Gasteiger partial charge in [0.2, 0.25) is 0 Å². The van der Waals surface area contributed by atoms with Crippen molar-refractivity contribution >= 4 is 5.82 Å². The average Bonchev–Trinajstić information content (AvgIpc) is 2.52. The molecule has 0 aromatic carbocycles. The number of nitrogens with one attached hydrogen (secondary N) is 2. The maximum atomic E-state index is 8.91. The van der Waals surface area contributed by atoms with E-state index in [-0.39, 0.29) is 6.61 Å². The topological polar surface area (TPSA) is 81.2 Å². The van der Waals surface area contributed by atoms with Gasteiger partial charge in [-0.15, -0.1) is 0 Å². The molecule has 1 rings (SSSR count). The number of anilines is 1. The van der Waals surface area contributed by atoms with Crippen molar-refractivity contribution in [2.45, 2.75) is 6.10 Å². The number of aromatic nitrogens is 2. The van der Waals surface area contributed by atoms with Gasteiger partial charge in [-0.05, 0) is 0 Å². The van der Waals surface area contributed by atoms with Gasteiger partial charge >= 0.3 is 0 Å². The smallest absolute Gasteiger partial charge is 0.123 e. The quantitative estimate of drug-likeness (QED) is 0.460. The van der Waals surface area contributed by atoms with Gasteiger partial charge in [0.1, 0.15) is 5.82 Å². The van der Waals surface area contributed by atoms with Crippen molar-refractivity contribution < 1.29 is 10.2 Å². The Morgan fingerprint density at radius 2 is 2.55 bits per heavy atom. The lowest BCUT2D eigenvalue weighted by molar-refractivity contribution is 0.105. The molecule has 1 atom stereocenters. The van der Waals surface area contributed by atoms with Gasteiger partial charge in [-0.1, -0.05) is 0 Å². The molecule has 0 amide bonds. The summed E-state index contributed by atoms with van der Waals surface area (Å²) in [7, 11) is 0. The fraction of sp³-hybridized carbons (Fsp3) is 0.500. The fourth-order valence-corrected chi connectivity index (χ4v) is 0.645. The number of nitrogens with zero attached hydrogens (tertiary/aromatic N) is 1. The number of H-pyrrole nitrogens is 1. The van der Waals surface area contributed by atoms with Crippen LogP contribution in [0.25, 0.3) is 0 Å². The second-order valence-electron chi connectivity index (χ2n) is 2.18. The largest absolute Gasteiger partial charge is 0.394 e. The van der Waals surface area contributed by atoms with E-state index in [1.165, 1.54) is 6.33 Å². The maximum absolute atomic E-state index is 8.91. The van der Waals surface area contributed by atoms with Gasteiger partial charge in [-0.25, -0.2) is 4.98 Å². The molecule has 1 unspecified atom stereocenters. The highest BCUT2D eigenvalue weighted by atomic mass is 16.3. The normalized spacial score (nSPS) is 12.9. The van der Waals surface area contributed by atoms with E-state index >= 15 is 0 Å². The Bertz CT molecular complexity index is 188. The van der Waals surface area contributed by atoms with Gasteiger partial charge in [0.15, 0.2) is 0 Å². The number of aliphatic hydroxyl groups is 2. The molecule has 0 saturated heterocycles. The van der Waals surface area contributed by atoms with E-state index in [0.29, 0.717) is 6.54 Å². The Balaban J connectivity index is 2.23. The average molecular weight is 157 g/mol. The van der Waals surface area contributed by atoms with E-state index in [2.05, 4.69) is 15.3 Å². The third-order valence-electron chi connectivity index (χ3n) is 1.24. The summed E-state index contributed by atoms with van der Waals surface area (Å²) in [6.07, 6.45) is 2.41. The van der Waals surface area contributed by atoms with Crippen molar-refractivity contribution in [3.8, 4) is 0 Å². The SMILES string of the molecule is OCC(O)CNc1cnc[nH]1. The molecule has 0 aliphatic carbocycles. The van der Waals surface area contributed by atoms with Crippen LogP contribution in [0.1, 0.15) is 0 Å². The molecule has 0 fully saturated rings. The first-order valence-corrected chi connectivity index (χ1v) is 3.34. The summed E-state index contributed by atoms with van der Waals surface area (Å²) in [6, 6.07) is 0. The molecule has 1 heterocycles. The zero-order valence-corrected chi connectivity index (χ0v) is 5.99. The summed E-state index contributed by atoms with van der Waals surface area (Å²) in [5, 5.41) is 20.2. The van der Waals surface area contributed by atoms with Gasteiger partial charge in [0, 0.05) is 6.54 Å². The van der Waals surface area contributed by atoms with Crippen molar-refractivity contribution in [1.29, 1.82) is 0 Å². The van der Waals surface area contributed by atoms with Crippen LogP contribution in [0.3, 0.4) is 0 Å². The Labute approximate surface area is 64.1 Å². The minimum absolute atomic E-state index is 0.235. The molecule has 0 aliphatic heterocycles. The summed E-state index contributed by atoms with van der Waals surface area (Å²) < 4.78 is 0. The lowest BCUT2D eigenvalue weighted by atomic mass is 10.4. The van der Waals surface area contributed by atoms with Crippen LogP contribution in [0.15, 0.2) is 12.5 Å². The van der Waals surface area contributed by atoms with E-state index in [1.54, 1.807) is 6.20 Å². The highest BCUT2D eigenvalue weighted by Gasteiger charge is 2.00. The van der Waals surface area contributed by atoms with Crippen molar-refractivity contribution in [2.24, 2.45) is 0 Å². The van der Waals surface area contributed by atoms with Crippen LogP contribution in [-0.4, -0.2) is 39.4 Å². The number of hydrogen-bond donors (Lipinski definition) is 4. The van der Waals surface area contributed by atoms with Crippen LogP contribution in [0.4, 0.5) is 5.82 Å². The zero-order valence-electron chi connectivity index (χ0n) is 5.99. The molecule has 5 heteroatoms. The highest BCUT2D eigenvalue weighted by Crippen LogP contribution is 1.96. The second-order valence-corrected chi connectivity index (χ2v) is 2.18. The van der Waals surface area contributed by atoms with E-state index < -0.39 is 6.10 Å². The summed E-state index contributed by atoms with van der Waals surface area (Å²) in [6.45, 7) is 0.0832. The Morgan fingerprint density at radius 3 is 3.09 bits per heavy atom. The standard InChI is InChI=1S/C6H11N3O2/c10-3-5(11)1-8-6-2-7-4-9-6/h2,4-5,8,10-11H,1,3H2,(H,7,9). The molecule has 0 radical (unpaired) electrons. The van der Waals surface area contributed by atoms with Crippen molar-refractivity contribution in [2.75, 3.05) is 18.5 Å². The molecule has 62 valence electrons. The zero-order chi connectivity index (χ0) is 8.10. The molecule has 0 bridgehead atoms. The van der Waals surface area contributed by atoms with Crippen LogP contribution in [-0.2, 0) is 0 Å². The molecule has 1 aromatic heterocycles. The molecule has 1 aromatic rings. The lowest BCUT2D eigenvalue weighted by Crippen LogP contribution is -2.22. The van der Waals surface area contributed by atoms with Crippen LogP contribution in [0.2, 0.25) is 0 Å². The summed E-state index contributed by atoms with van der Waals surface area (Å²) in [5.74, 6) is 0.734. The molecule has 5 nitrogen and oxygen atoms in total. The van der Waals surface area contributed by atoms with E-state index in [1.807, 2.05) is 0 Å². The van der Waals surface area contributed by atoms with E-state index in [0.717, 1.165) is 5.82 Å². The molecule has 4 N–H and O–H groups in total. The van der Waals surface area contributed by atoms with E-state index in [9.17, 15) is 0 Å². The number of rotatable bonds is 4. The van der Waals surface area contributed by atoms with Crippen LogP contribution < -0.4 is 5.32 Å². The van der Waals surface area contributed by atoms with Gasteiger partial charge in [0.25, 0.3) is 0 Å². The summed E-state index contributed by atoms with van der Waals surface area (Å²) >= 11 is 0. The predicted octanol–water partition coefficient (Wildman–Crippen LogP) is -0.825. The predicted molar refractivity (Wildman–Crippen MR) is 40.2 cm³/mol. The van der Waals surface area contributed by atoms with Gasteiger partial charge in [-0.3, -0.25) is 0 Å². The third kappa shape index (κ3) is 2.57. The fourth-order valence-electron chi connectivity index (χ4n) is 0.645. The number of imidazole rings is 1. The monoisotopic (exact) mass is 157 g/mol. The number of hydrogen-bond acceptors (Lipinski definition) is 4. The Kier molecular flexibility index (Phi) is 2.88. The van der Waals surface area contributed by atoms with Gasteiger partial charge < -0.3 is 20.5 Å². The van der Waals surface area contributed by atoms with Crippen LogP contribution in [0, 0.1) is 0 Å². The molecular weight excluding hydrogens is 146 g/mol. The summed E-state index contributed by atoms with van der Waals surface area (Å²) in [5.41, 5.74) is 0. The van der Waals surface area contributed by atoms with E-state index in [4.69, 9.17) is 10.2 Å². The molecular formula is C6H11N3O2. The minimum Gasteiger partial charge on any atom is -0.394 e. The Morgan fingerprint density at radius 1 is 1.73 bits per heavy atom. The molecule has 0 aliphatic rings. The minimum atomic E-state index is -0.724. The van der Waals surface area contributed by atoms with Crippen molar-refractivity contribution in [3.05, 3.63) is 12.5 Å². The second kappa shape index (κ2) is 3.95. The first-order chi connectivity index (χ1) is 5.33. The van der Waals surface area contributed by atoms with Gasteiger partial charge in [-0.2, -0.15) is 0 Å². The Hall–Kier alpha value is -1.07. The molecule has 11 heavy (non-hydrogen) atoms. The van der Waals surface area contributed by atoms with Gasteiger partial charge in [0.05, 0.1) is 25.2 Å². The first-order valence-electron chi connectivity index (χ1n) is 3.34. The molecule has 0 saturated carbocycles. The van der Waals surface area contributed by atoms with Crippen molar-refractivity contribution in [3.63, 3.8) is 0 Å². The molecule has 0 spiro atoms. The van der Waals surface area contributed by atoms with Crippen molar-refractivity contribution in [1.82, 2.24) is 9.97 Å². The summed E-state index contributed by atoms with van der Waals surface area (Å²) in [4.78, 5) is 6.57. The van der Waals surface area contributed by atoms with Crippen LogP contribution in [0.5, 0.6) is 0 Å². The first kappa shape index (κ1) is 8.03. The number of aromatic amines is 1. The van der Waals surface area contributed by atoms with Crippen LogP contribution >= 0.6 is 0 Å².